The van der Waals surface area contributed by atoms with Crippen LogP contribution in [0.15, 0.2) is 84.9 Å². The van der Waals surface area contributed by atoms with Crippen molar-refractivity contribution < 1.29 is 0 Å². The van der Waals surface area contributed by atoms with Gasteiger partial charge in [-0.3, -0.25) is 4.90 Å². The van der Waals surface area contributed by atoms with Crippen molar-refractivity contribution in [3.63, 3.8) is 0 Å². The van der Waals surface area contributed by atoms with E-state index >= 15 is 0 Å². The lowest BCUT2D eigenvalue weighted by atomic mass is 9.88. The van der Waals surface area contributed by atoms with Gasteiger partial charge in [0.25, 0.3) is 0 Å². The lowest BCUT2D eigenvalue weighted by molar-refractivity contribution is 0.208. The van der Waals surface area contributed by atoms with Gasteiger partial charge in [0, 0.05) is 12.6 Å². The SMILES string of the molecule is CC(C)N(CCCC(C#N)c1ccccc1-c1ccccc1)Cc1ccccc1. The van der Waals surface area contributed by atoms with Gasteiger partial charge in [-0.1, -0.05) is 84.9 Å². The molecule has 0 amide bonds. The zero-order valence-corrected chi connectivity index (χ0v) is 17.5. The Labute approximate surface area is 175 Å². The highest BCUT2D eigenvalue weighted by Crippen LogP contribution is 2.31. The summed E-state index contributed by atoms with van der Waals surface area (Å²) in [5.74, 6) is -0.0860. The van der Waals surface area contributed by atoms with Crippen LogP contribution in [0.2, 0.25) is 0 Å². The van der Waals surface area contributed by atoms with Gasteiger partial charge in [-0.25, -0.2) is 0 Å². The first-order valence-electron chi connectivity index (χ1n) is 10.5. The van der Waals surface area contributed by atoms with E-state index in [0.717, 1.165) is 31.5 Å². The molecule has 0 N–H and O–H groups in total. The second-order valence-corrected chi connectivity index (χ2v) is 7.83. The molecule has 0 fully saturated rings. The third-order valence-electron chi connectivity index (χ3n) is 5.47. The first-order chi connectivity index (χ1) is 14.2. The number of hydrogen-bond acceptors (Lipinski definition) is 2. The molecule has 3 aromatic rings. The summed E-state index contributed by atoms with van der Waals surface area (Å²) in [5, 5.41) is 9.90. The van der Waals surface area contributed by atoms with E-state index in [0.29, 0.717) is 6.04 Å². The van der Waals surface area contributed by atoms with E-state index in [2.05, 4.69) is 97.6 Å². The number of nitrogens with zero attached hydrogens (tertiary/aromatic N) is 2. The Morgan fingerprint density at radius 2 is 1.45 bits per heavy atom. The van der Waals surface area contributed by atoms with Crippen LogP contribution in [0.5, 0.6) is 0 Å². The average molecular weight is 383 g/mol. The summed E-state index contributed by atoms with van der Waals surface area (Å²) >= 11 is 0. The van der Waals surface area contributed by atoms with E-state index in [1.165, 1.54) is 16.7 Å². The molecule has 148 valence electrons. The number of nitriles is 1. The van der Waals surface area contributed by atoms with Crippen molar-refractivity contribution in [2.45, 2.75) is 45.2 Å². The second-order valence-electron chi connectivity index (χ2n) is 7.83. The van der Waals surface area contributed by atoms with Gasteiger partial charge in [-0.05, 0) is 55.5 Å². The van der Waals surface area contributed by atoms with E-state index in [-0.39, 0.29) is 5.92 Å². The number of hydrogen-bond donors (Lipinski definition) is 0. The van der Waals surface area contributed by atoms with Gasteiger partial charge < -0.3 is 0 Å². The molecule has 0 saturated heterocycles. The monoisotopic (exact) mass is 382 g/mol. The van der Waals surface area contributed by atoms with Crippen LogP contribution in [0.4, 0.5) is 0 Å². The molecule has 2 nitrogen and oxygen atoms in total. The van der Waals surface area contributed by atoms with Crippen LogP contribution in [0.3, 0.4) is 0 Å². The first kappa shape index (κ1) is 20.8. The van der Waals surface area contributed by atoms with Crippen LogP contribution in [-0.4, -0.2) is 17.5 Å². The van der Waals surface area contributed by atoms with Crippen LogP contribution in [0.1, 0.15) is 43.7 Å². The molecule has 3 aromatic carbocycles. The van der Waals surface area contributed by atoms with Gasteiger partial charge in [0.1, 0.15) is 0 Å². The third-order valence-corrected chi connectivity index (χ3v) is 5.47. The molecule has 0 heterocycles. The fourth-order valence-corrected chi connectivity index (χ4v) is 3.81. The second kappa shape index (κ2) is 10.6. The standard InChI is InChI=1S/C27H30N2/c1-22(2)29(21-23-12-5-3-6-13-23)19-11-16-25(20-28)27-18-10-9-17-26(27)24-14-7-4-8-15-24/h3-10,12-15,17-18,22,25H,11,16,19,21H2,1-2H3. The quantitative estimate of drug-likeness (QED) is 0.414. The Balaban J connectivity index is 1.67. The van der Waals surface area contributed by atoms with Crippen molar-refractivity contribution in [2.75, 3.05) is 6.54 Å². The molecular formula is C27H30N2. The van der Waals surface area contributed by atoms with Gasteiger partial charge in [0.05, 0.1) is 12.0 Å². The average Bonchev–Trinajstić information content (AvgIpc) is 2.77. The molecule has 0 spiro atoms. The van der Waals surface area contributed by atoms with E-state index in [9.17, 15) is 5.26 Å². The molecule has 1 unspecified atom stereocenters. The fourth-order valence-electron chi connectivity index (χ4n) is 3.81. The van der Waals surface area contributed by atoms with E-state index < -0.39 is 0 Å². The van der Waals surface area contributed by atoms with Crippen LogP contribution in [0, 0.1) is 11.3 Å². The Kier molecular flexibility index (Phi) is 7.61. The summed E-state index contributed by atoms with van der Waals surface area (Å²) < 4.78 is 0. The van der Waals surface area contributed by atoms with Crippen molar-refractivity contribution in [2.24, 2.45) is 0 Å². The molecule has 0 aliphatic rings. The van der Waals surface area contributed by atoms with Crippen LogP contribution in [0.25, 0.3) is 11.1 Å². The zero-order chi connectivity index (χ0) is 20.5. The molecular weight excluding hydrogens is 352 g/mol. The predicted molar refractivity (Wildman–Crippen MR) is 121 cm³/mol. The molecule has 3 rings (SSSR count). The number of benzene rings is 3. The summed E-state index contributed by atoms with van der Waals surface area (Å²) in [5.41, 5.74) is 4.83. The minimum absolute atomic E-state index is 0.0860. The van der Waals surface area contributed by atoms with Crippen molar-refractivity contribution in [1.29, 1.82) is 5.26 Å². The summed E-state index contributed by atoms with van der Waals surface area (Å²) in [6.45, 7) is 6.44. The van der Waals surface area contributed by atoms with Gasteiger partial charge in [0.2, 0.25) is 0 Å². The highest BCUT2D eigenvalue weighted by atomic mass is 15.1. The summed E-state index contributed by atoms with van der Waals surface area (Å²) in [4.78, 5) is 2.49. The Morgan fingerprint density at radius 3 is 2.10 bits per heavy atom. The predicted octanol–water partition coefficient (Wildman–Crippen LogP) is 6.65. The van der Waals surface area contributed by atoms with Crippen molar-refractivity contribution in [1.82, 2.24) is 4.90 Å². The molecule has 0 bridgehead atoms. The van der Waals surface area contributed by atoms with Crippen LogP contribution < -0.4 is 0 Å². The summed E-state index contributed by atoms with van der Waals surface area (Å²) in [6, 6.07) is 32.4. The molecule has 0 radical (unpaired) electrons. The van der Waals surface area contributed by atoms with Gasteiger partial charge in [0.15, 0.2) is 0 Å². The van der Waals surface area contributed by atoms with Crippen molar-refractivity contribution in [3.05, 3.63) is 96.1 Å². The minimum Gasteiger partial charge on any atom is -0.297 e. The van der Waals surface area contributed by atoms with Crippen LogP contribution in [-0.2, 0) is 6.54 Å². The summed E-state index contributed by atoms with van der Waals surface area (Å²) in [6.07, 6.45) is 1.88. The molecule has 29 heavy (non-hydrogen) atoms. The fraction of sp³-hybridized carbons (Fsp3) is 0.296. The highest BCUT2D eigenvalue weighted by Gasteiger charge is 2.17. The molecule has 2 heteroatoms. The van der Waals surface area contributed by atoms with Gasteiger partial charge in [-0.15, -0.1) is 0 Å². The lowest BCUT2D eigenvalue weighted by Crippen LogP contribution is -2.31. The third kappa shape index (κ3) is 5.79. The molecule has 1 atom stereocenters. The maximum absolute atomic E-state index is 9.90. The maximum Gasteiger partial charge on any atom is 0.0719 e. The van der Waals surface area contributed by atoms with Gasteiger partial charge >= 0.3 is 0 Å². The van der Waals surface area contributed by atoms with E-state index in [1.54, 1.807) is 0 Å². The summed E-state index contributed by atoms with van der Waals surface area (Å²) in [7, 11) is 0. The normalized spacial score (nSPS) is 12.1. The highest BCUT2D eigenvalue weighted by molar-refractivity contribution is 5.68. The topological polar surface area (TPSA) is 27.0 Å². The Bertz CT molecular complexity index is 910. The van der Waals surface area contributed by atoms with Crippen molar-refractivity contribution >= 4 is 0 Å². The Morgan fingerprint density at radius 1 is 0.828 bits per heavy atom. The largest absolute Gasteiger partial charge is 0.297 e. The lowest BCUT2D eigenvalue weighted by Gasteiger charge is -2.27. The molecule has 0 aromatic heterocycles. The van der Waals surface area contributed by atoms with E-state index in [1.807, 2.05) is 12.1 Å². The van der Waals surface area contributed by atoms with E-state index in [4.69, 9.17) is 0 Å². The first-order valence-corrected chi connectivity index (χ1v) is 10.5. The van der Waals surface area contributed by atoms with Gasteiger partial charge in [-0.2, -0.15) is 5.26 Å². The zero-order valence-electron chi connectivity index (χ0n) is 17.5. The maximum atomic E-state index is 9.90. The smallest absolute Gasteiger partial charge is 0.0719 e. The molecule has 0 aliphatic carbocycles. The van der Waals surface area contributed by atoms with Crippen molar-refractivity contribution in [3.8, 4) is 17.2 Å². The molecule has 0 aliphatic heterocycles. The number of rotatable bonds is 9. The minimum atomic E-state index is -0.0860. The molecule has 0 saturated carbocycles. The Hall–Kier alpha value is -2.89. The van der Waals surface area contributed by atoms with Crippen LogP contribution >= 0.6 is 0 Å².